The molecule has 0 saturated heterocycles. The number of hydrogen-bond acceptors (Lipinski definition) is 5. The van der Waals surface area contributed by atoms with Crippen molar-refractivity contribution in [2.75, 3.05) is 38.3 Å². The third-order valence-electron chi connectivity index (χ3n) is 3.87. The summed E-state index contributed by atoms with van der Waals surface area (Å²) < 4.78 is 10.9. The molecule has 1 aromatic heterocycles. The highest BCUT2D eigenvalue weighted by atomic mass is 16.7. The first-order valence-corrected chi connectivity index (χ1v) is 7.46. The van der Waals surface area contributed by atoms with Gasteiger partial charge in [0.1, 0.15) is 0 Å². The molecule has 1 aromatic carbocycles. The Balaban J connectivity index is 1.79. The van der Waals surface area contributed by atoms with Crippen LogP contribution in [0.1, 0.15) is 13.8 Å². The van der Waals surface area contributed by atoms with Crippen molar-refractivity contribution >= 4 is 16.6 Å². The average Bonchev–Trinajstić information content (AvgIpc) is 2.97. The second kappa shape index (κ2) is 6.18. The summed E-state index contributed by atoms with van der Waals surface area (Å²) in [4.78, 5) is 6.80. The number of nitrogens with zero attached hydrogens (tertiary/aromatic N) is 2. The highest BCUT2D eigenvalue weighted by molar-refractivity contribution is 5.93. The molecule has 1 aliphatic heterocycles. The van der Waals surface area contributed by atoms with E-state index in [0.29, 0.717) is 0 Å². The predicted octanol–water partition coefficient (Wildman–Crippen LogP) is 2.72. The van der Waals surface area contributed by atoms with Crippen molar-refractivity contribution < 1.29 is 9.47 Å². The molecule has 0 atom stereocenters. The minimum Gasteiger partial charge on any atom is -0.454 e. The molecule has 1 N–H and O–H groups in total. The van der Waals surface area contributed by atoms with Gasteiger partial charge in [-0.3, -0.25) is 4.98 Å². The topological polar surface area (TPSA) is 46.6 Å². The Bertz CT molecular complexity index is 626. The summed E-state index contributed by atoms with van der Waals surface area (Å²) in [5.41, 5.74) is 2.01. The van der Waals surface area contributed by atoms with E-state index in [-0.39, 0.29) is 6.79 Å². The van der Waals surface area contributed by atoms with Gasteiger partial charge in [-0.15, -0.1) is 0 Å². The maximum absolute atomic E-state index is 5.45. The van der Waals surface area contributed by atoms with Gasteiger partial charge >= 0.3 is 0 Å². The molecule has 0 fully saturated rings. The van der Waals surface area contributed by atoms with Crippen LogP contribution >= 0.6 is 0 Å². The van der Waals surface area contributed by atoms with Crippen LogP contribution in [0.5, 0.6) is 11.5 Å². The van der Waals surface area contributed by atoms with Crippen molar-refractivity contribution in [2.24, 2.45) is 0 Å². The minimum atomic E-state index is 0.288. The van der Waals surface area contributed by atoms with Crippen molar-refractivity contribution in [3.63, 3.8) is 0 Å². The molecule has 1 aliphatic rings. The van der Waals surface area contributed by atoms with Gasteiger partial charge in [0.25, 0.3) is 0 Å². The molecule has 5 nitrogen and oxygen atoms in total. The van der Waals surface area contributed by atoms with Crippen molar-refractivity contribution in [3.05, 3.63) is 24.4 Å². The Morgan fingerprint density at radius 3 is 2.71 bits per heavy atom. The van der Waals surface area contributed by atoms with E-state index in [0.717, 1.165) is 54.3 Å². The smallest absolute Gasteiger partial charge is 0.231 e. The Labute approximate surface area is 124 Å². The number of rotatable bonds is 6. The lowest BCUT2D eigenvalue weighted by molar-refractivity contribution is 0.174. The molecular formula is C16H21N3O2. The minimum absolute atomic E-state index is 0.288. The third kappa shape index (κ3) is 2.88. The quantitative estimate of drug-likeness (QED) is 0.885. The monoisotopic (exact) mass is 287 g/mol. The third-order valence-corrected chi connectivity index (χ3v) is 3.87. The molecule has 21 heavy (non-hydrogen) atoms. The van der Waals surface area contributed by atoms with Crippen LogP contribution in [0.2, 0.25) is 0 Å². The average molecular weight is 287 g/mol. The molecule has 0 spiro atoms. The van der Waals surface area contributed by atoms with Gasteiger partial charge < -0.3 is 19.7 Å². The molecule has 112 valence electrons. The number of likely N-dealkylation sites (N-methyl/N-ethyl adjacent to an activating group) is 1. The first kappa shape index (κ1) is 13.9. The molecular weight excluding hydrogens is 266 g/mol. The zero-order valence-corrected chi connectivity index (χ0v) is 12.6. The molecule has 0 bridgehead atoms. The van der Waals surface area contributed by atoms with Crippen LogP contribution in [0.4, 0.5) is 5.69 Å². The first-order chi connectivity index (χ1) is 10.3. The largest absolute Gasteiger partial charge is 0.454 e. The second-order valence-electron chi connectivity index (χ2n) is 5.03. The molecule has 0 unspecified atom stereocenters. The van der Waals surface area contributed by atoms with Crippen molar-refractivity contribution in [1.29, 1.82) is 0 Å². The lowest BCUT2D eigenvalue weighted by Crippen LogP contribution is -2.28. The summed E-state index contributed by atoms with van der Waals surface area (Å²) in [5, 5.41) is 4.57. The molecule has 0 saturated carbocycles. The van der Waals surface area contributed by atoms with Crippen LogP contribution in [-0.4, -0.2) is 42.9 Å². The number of nitrogens with one attached hydrogen (secondary N) is 1. The van der Waals surface area contributed by atoms with Gasteiger partial charge in [-0.1, -0.05) is 13.8 Å². The number of pyridine rings is 1. The van der Waals surface area contributed by atoms with E-state index in [1.165, 1.54) is 0 Å². The lowest BCUT2D eigenvalue weighted by atomic mass is 10.1. The molecule has 0 amide bonds. The van der Waals surface area contributed by atoms with Crippen molar-refractivity contribution in [2.45, 2.75) is 13.8 Å². The molecule has 3 rings (SSSR count). The van der Waals surface area contributed by atoms with Crippen molar-refractivity contribution in [1.82, 2.24) is 9.88 Å². The number of ether oxygens (including phenoxy) is 2. The predicted molar refractivity (Wildman–Crippen MR) is 84.1 cm³/mol. The van der Waals surface area contributed by atoms with Gasteiger partial charge in [-0.2, -0.15) is 0 Å². The zero-order chi connectivity index (χ0) is 14.7. The van der Waals surface area contributed by atoms with Crippen LogP contribution in [-0.2, 0) is 0 Å². The van der Waals surface area contributed by atoms with Crippen LogP contribution in [0.15, 0.2) is 24.4 Å². The summed E-state index contributed by atoms with van der Waals surface area (Å²) in [6.45, 7) is 8.76. The van der Waals surface area contributed by atoms with Crippen molar-refractivity contribution in [3.8, 4) is 11.5 Å². The normalized spacial score (nSPS) is 13.1. The van der Waals surface area contributed by atoms with E-state index in [4.69, 9.17) is 9.47 Å². The van der Waals surface area contributed by atoms with Gasteiger partial charge in [-0.25, -0.2) is 0 Å². The Morgan fingerprint density at radius 2 is 1.95 bits per heavy atom. The molecule has 0 radical (unpaired) electrons. The van der Waals surface area contributed by atoms with E-state index in [1.807, 2.05) is 24.4 Å². The van der Waals surface area contributed by atoms with Gasteiger partial charge in [0, 0.05) is 36.4 Å². The molecule has 0 aliphatic carbocycles. The maximum Gasteiger partial charge on any atom is 0.231 e. The van der Waals surface area contributed by atoms with E-state index >= 15 is 0 Å². The molecule has 2 aromatic rings. The van der Waals surface area contributed by atoms with Gasteiger partial charge in [-0.05, 0) is 25.2 Å². The summed E-state index contributed by atoms with van der Waals surface area (Å²) in [7, 11) is 0. The highest BCUT2D eigenvalue weighted by Gasteiger charge is 2.16. The molecule has 2 heterocycles. The van der Waals surface area contributed by atoms with E-state index < -0.39 is 0 Å². The summed E-state index contributed by atoms with van der Waals surface area (Å²) in [5.74, 6) is 1.57. The van der Waals surface area contributed by atoms with Crippen LogP contribution in [0.25, 0.3) is 10.9 Å². The Morgan fingerprint density at radius 1 is 1.19 bits per heavy atom. The highest BCUT2D eigenvalue weighted by Crippen LogP contribution is 2.37. The summed E-state index contributed by atoms with van der Waals surface area (Å²) in [6.07, 6.45) is 1.82. The summed E-state index contributed by atoms with van der Waals surface area (Å²) in [6, 6.07) is 5.95. The molecule has 5 heteroatoms. The van der Waals surface area contributed by atoms with Gasteiger partial charge in [0.2, 0.25) is 6.79 Å². The number of aromatic nitrogens is 1. The number of fused-ring (bicyclic) bond motifs is 2. The SMILES string of the molecule is CCN(CC)CCNc1ccnc2cc3c(cc12)OCO3. The Kier molecular flexibility index (Phi) is 4.10. The van der Waals surface area contributed by atoms with Crippen LogP contribution in [0.3, 0.4) is 0 Å². The second-order valence-corrected chi connectivity index (χ2v) is 5.03. The van der Waals surface area contributed by atoms with Crippen LogP contribution < -0.4 is 14.8 Å². The number of hydrogen-bond donors (Lipinski definition) is 1. The maximum atomic E-state index is 5.45. The summed E-state index contributed by atoms with van der Waals surface area (Å²) >= 11 is 0. The van der Waals surface area contributed by atoms with Crippen LogP contribution in [0, 0.1) is 0 Å². The number of anilines is 1. The number of benzene rings is 1. The van der Waals surface area contributed by atoms with E-state index in [1.54, 1.807) is 0 Å². The standard InChI is InChI=1S/C16H21N3O2/c1-3-19(4-2)8-7-18-13-5-6-17-14-10-16-15(9-12(13)14)20-11-21-16/h5-6,9-10H,3-4,7-8,11H2,1-2H3,(H,17,18). The van der Waals surface area contributed by atoms with Gasteiger partial charge in [0.15, 0.2) is 11.5 Å². The fraction of sp³-hybridized carbons (Fsp3) is 0.438. The van der Waals surface area contributed by atoms with E-state index in [2.05, 4.69) is 29.0 Å². The van der Waals surface area contributed by atoms with E-state index in [9.17, 15) is 0 Å². The lowest BCUT2D eigenvalue weighted by Gasteiger charge is -2.18. The fourth-order valence-corrected chi connectivity index (χ4v) is 2.58. The van der Waals surface area contributed by atoms with Gasteiger partial charge in [0.05, 0.1) is 5.52 Å². The fourth-order valence-electron chi connectivity index (χ4n) is 2.58. The Hall–Kier alpha value is -2.01. The first-order valence-electron chi connectivity index (χ1n) is 7.46. The zero-order valence-electron chi connectivity index (χ0n) is 12.6.